The van der Waals surface area contributed by atoms with Gasteiger partial charge < -0.3 is 15.0 Å². The molecule has 0 saturated carbocycles. The molecule has 0 radical (unpaired) electrons. The van der Waals surface area contributed by atoms with E-state index in [1.165, 1.54) is 30.5 Å². The van der Waals surface area contributed by atoms with Crippen molar-refractivity contribution in [3.8, 4) is 11.6 Å². The zero-order chi connectivity index (χ0) is 22.5. The molecule has 0 spiro atoms. The lowest BCUT2D eigenvalue weighted by Gasteiger charge is -2.18. The van der Waals surface area contributed by atoms with Crippen LogP contribution in [0.4, 0.5) is 15.8 Å². The Bertz CT molecular complexity index is 1150. The van der Waals surface area contributed by atoms with Crippen molar-refractivity contribution in [3.63, 3.8) is 0 Å². The minimum absolute atomic E-state index is 0.0823. The average Bonchev–Trinajstić information content (AvgIpc) is 3.33. The molecule has 1 fully saturated rings. The first-order valence-electron chi connectivity index (χ1n) is 10.2. The molecule has 0 aliphatic carbocycles. The Kier molecular flexibility index (Phi) is 6.25. The van der Waals surface area contributed by atoms with Gasteiger partial charge in [-0.1, -0.05) is 12.1 Å². The van der Waals surface area contributed by atoms with Gasteiger partial charge in [-0.05, 0) is 43.2 Å². The molecule has 0 bridgehead atoms. The standard InChI is InChI=1S/C23H21FN4O4/c24-18-6-3-7-19(14-18)32-23-17(5-4-10-25-23)15-26-22(29)16-8-9-20(21(13-16)28(30)31)27-11-1-2-12-27/h3-10,13-14H,1-2,11-12,15H2,(H,26,29). The number of ether oxygens (including phenoxy) is 1. The summed E-state index contributed by atoms with van der Waals surface area (Å²) < 4.78 is 19.1. The van der Waals surface area contributed by atoms with Gasteiger partial charge in [0, 0.05) is 49.1 Å². The number of halogens is 1. The van der Waals surface area contributed by atoms with Gasteiger partial charge in [0.05, 0.1) is 4.92 Å². The van der Waals surface area contributed by atoms with Crippen molar-refractivity contribution in [2.45, 2.75) is 19.4 Å². The average molecular weight is 436 g/mol. The van der Waals surface area contributed by atoms with Gasteiger partial charge in [0.2, 0.25) is 5.88 Å². The van der Waals surface area contributed by atoms with Gasteiger partial charge in [-0.15, -0.1) is 0 Å². The SMILES string of the molecule is O=C(NCc1cccnc1Oc1cccc(F)c1)c1ccc(N2CCCC2)c([N+](=O)[O-])c1. The van der Waals surface area contributed by atoms with E-state index in [4.69, 9.17) is 4.74 Å². The third-order valence-corrected chi connectivity index (χ3v) is 5.18. The van der Waals surface area contributed by atoms with Crippen molar-refractivity contribution in [2.24, 2.45) is 0 Å². The third-order valence-electron chi connectivity index (χ3n) is 5.18. The topological polar surface area (TPSA) is 97.6 Å². The Hall–Kier alpha value is -4.01. The highest BCUT2D eigenvalue weighted by atomic mass is 19.1. The highest BCUT2D eigenvalue weighted by Gasteiger charge is 2.24. The fourth-order valence-electron chi connectivity index (χ4n) is 3.61. The van der Waals surface area contributed by atoms with Crippen LogP contribution in [0.25, 0.3) is 0 Å². The summed E-state index contributed by atoms with van der Waals surface area (Å²) in [4.78, 5) is 29.9. The van der Waals surface area contributed by atoms with Gasteiger partial charge in [0.1, 0.15) is 17.3 Å². The van der Waals surface area contributed by atoms with E-state index in [9.17, 15) is 19.3 Å². The van der Waals surface area contributed by atoms with Gasteiger partial charge in [-0.2, -0.15) is 0 Å². The van der Waals surface area contributed by atoms with E-state index >= 15 is 0 Å². The monoisotopic (exact) mass is 436 g/mol. The van der Waals surface area contributed by atoms with Crippen LogP contribution in [0, 0.1) is 15.9 Å². The number of nitrogens with zero attached hydrogens (tertiary/aromatic N) is 3. The van der Waals surface area contributed by atoms with E-state index in [-0.39, 0.29) is 29.4 Å². The van der Waals surface area contributed by atoms with E-state index < -0.39 is 16.6 Å². The Labute approximate surface area is 183 Å². The van der Waals surface area contributed by atoms with Crippen LogP contribution in [0.3, 0.4) is 0 Å². The minimum Gasteiger partial charge on any atom is -0.439 e. The first kappa shape index (κ1) is 21.2. The van der Waals surface area contributed by atoms with Gasteiger partial charge in [0.15, 0.2) is 0 Å². The van der Waals surface area contributed by atoms with Crippen LogP contribution in [-0.2, 0) is 6.54 Å². The molecule has 164 valence electrons. The maximum atomic E-state index is 13.4. The zero-order valence-corrected chi connectivity index (χ0v) is 17.2. The van der Waals surface area contributed by atoms with E-state index in [0.29, 0.717) is 11.3 Å². The van der Waals surface area contributed by atoms with Crippen LogP contribution in [-0.4, -0.2) is 28.9 Å². The zero-order valence-electron chi connectivity index (χ0n) is 17.2. The van der Waals surface area contributed by atoms with Crippen molar-refractivity contribution >= 4 is 17.3 Å². The maximum Gasteiger partial charge on any atom is 0.293 e. The molecular weight excluding hydrogens is 415 g/mol. The van der Waals surface area contributed by atoms with E-state index in [1.54, 1.807) is 30.3 Å². The summed E-state index contributed by atoms with van der Waals surface area (Å²) in [6.45, 7) is 1.61. The number of rotatable bonds is 7. The molecule has 3 aromatic rings. The number of nitro groups is 1. The first-order chi connectivity index (χ1) is 15.5. The summed E-state index contributed by atoms with van der Waals surface area (Å²) in [5.41, 5.74) is 1.21. The summed E-state index contributed by atoms with van der Waals surface area (Å²) in [5.74, 6) is -0.382. The van der Waals surface area contributed by atoms with E-state index in [1.807, 2.05) is 4.90 Å². The Balaban J connectivity index is 1.48. The molecule has 1 N–H and O–H groups in total. The highest BCUT2D eigenvalue weighted by molar-refractivity contribution is 5.95. The highest BCUT2D eigenvalue weighted by Crippen LogP contribution is 2.31. The molecule has 8 nitrogen and oxygen atoms in total. The smallest absolute Gasteiger partial charge is 0.293 e. The van der Waals surface area contributed by atoms with Gasteiger partial charge in [0.25, 0.3) is 11.6 Å². The van der Waals surface area contributed by atoms with E-state index in [0.717, 1.165) is 25.9 Å². The molecule has 1 aliphatic heterocycles. The van der Waals surface area contributed by atoms with Gasteiger partial charge in [-0.3, -0.25) is 14.9 Å². The molecule has 2 aromatic carbocycles. The minimum atomic E-state index is -0.462. The maximum absolute atomic E-state index is 13.4. The molecule has 4 rings (SSSR count). The second-order valence-corrected chi connectivity index (χ2v) is 7.36. The normalized spacial score (nSPS) is 13.1. The summed E-state index contributed by atoms with van der Waals surface area (Å²) in [6.07, 6.45) is 3.51. The Morgan fingerprint density at radius 1 is 1.16 bits per heavy atom. The quantitative estimate of drug-likeness (QED) is 0.434. The number of benzene rings is 2. The van der Waals surface area contributed by atoms with E-state index in [2.05, 4.69) is 10.3 Å². The first-order valence-corrected chi connectivity index (χ1v) is 10.2. The molecular formula is C23H21FN4O4. The lowest BCUT2D eigenvalue weighted by atomic mass is 10.1. The predicted molar refractivity (Wildman–Crippen MR) is 116 cm³/mol. The van der Waals surface area contributed by atoms with Crippen molar-refractivity contribution in [1.82, 2.24) is 10.3 Å². The fourth-order valence-corrected chi connectivity index (χ4v) is 3.61. The van der Waals surface area contributed by atoms with Crippen molar-refractivity contribution in [3.05, 3.63) is 87.9 Å². The predicted octanol–water partition coefficient (Wildman–Crippen LogP) is 4.45. The molecule has 2 heterocycles. The van der Waals surface area contributed by atoms with Gasteiger partial charge in [-0.25, -0.2) is 9.37 Å². The Morgan fingerprint density at radius 2 is 1.97 bits per heavy atom. The molecule has 9 heteroatoms. The van der Waals surface area contributed by atoms with Crippen LogP contribution < -0.4 is 15.0 Å². The number of nitro benzene ring substituents is 1. The number of carbonyl (C=O) groups is 1. The second-order valence-electron chi connectivity index (χ2n) is 7.36. The van der Waals surface area contributed by atoms with Crippen LogP contribution in [0.1, 0.15) is 28.8 Å². The number of aromatic nitrogens is 1. The number of hydrogen-bond acceptors (Lipinski definition) is 6. The Morgan fingerprint density at radius 3 is 2.72 bits per heavy atom. The summed E-state index contributed by atoms with van der Waals surface area (Å²) in [5, 5.41) is 14.3. The van der Waals surface area contributed by atoms with Crippen molar-refractivity contribution < 1.29 is 18.8 Å². The molecule has 0 unspecified atom stereocenters. The molecule has 1 amide bonds. The molecule has 1 aromatic heterocycles. The molecule has 1 aliphatic rings. The van der Waals surface area contributed by atoms with Crippen LogP contribution in [0.5, 0.6) is 11.6 Å². The molecule has 32 heavy (non-hydrogen) atoms. The second kappa shape index (κ2) is 9.42. The number of carbonyl (C=O) groups excluding carboxylic acids is 1. The van der Waals surface area contributed by atoms with Crippen LogP contribution >= 0.6 is 0 Å². The number of pyridine rings is 1. The third kappa shape index (κ3) is 4.83. The number of anilines is 1. The number of hydrogen-bond donors (Lipinski definition) is 1. The number of amides is 1. The summed E-state index contributed by atoms with van der Waals surface area (Å²) in [6, 6.07) is 13.6. The van der Waals surface area contributed by atoms with Crippen molar-refractivity contribution in [2.75, 3.05) is 18.0 Å². The summed E-state index contributed by atoms with van der Waals surface area (Å²) in [7, 11) is 0. The van der Waals surface area contributed by atoms with Gasteiger partial charge >= 0.3 is 0 Å². The molecule has 0 atom stereocenters. The lowest BCUT2D eigenvalue weighted by Crippen LogP contribution is -2.24. The lowest BCUT2D eigenvalue weighted by molar-refractivity contribution is -0.384. The van der Waals surface area contributed by atoms with Crippen LogP contribution in [0.15, 0.2) is 60.8 Å². The largest absolute Gasteiger partial charge is 0.439 e. The fraction of sp³-hybridized carbons (Fsp3) is 0.217. The summed E-state index contributed by atoms with van der Waals surface area (Å²) >= 11 is 0. The van der Waals surface area contributed by atoms with Crippen LogP contribution in [0.2, 0.25) is 0 Å². The molecule has 1 saturated heterocycles. The van der Waals surface area contributed by atoms with Crippen molar-refractivity contribution in [1.29, 1.82) is 0 Å². The number of nitrogens with one attached hydrogen (secondary N) is 1.